The molecule has 1 rings (SSSR count). The van der Waals surface area contributed by atoms with Gasteiger partial charge in [-0.1, -0.05) is 35.4 Å². The van der Waals surface area contributed by atoms with Gasteiger partial charge in [0.15, 0.2) is 0 Å². The zero-order chi connectivity index (χ0) is 9.03. The maximum atomic E-state index is 5.86. The van der Waals surface area contributed by atoms with Crippen molar-refractivity contribution in [3.8, 4) is 0 Å². The van der Waals surface area contributed by atoms with Gasteiger partial charge >= 0.3 is 0 Å². The molecule has 1 aliphatic rings. The fraction of sp³-hybridized carbons (Fsp3) is 1.00. The van der Waals surface area contributed by atoms with Crippen molar-refractivity contribution in [1.82, 2.24) is 0 Å². The summed E-state index contributed by atoms with van der Waals surface area (Å²) in [5.74, 6) is 0.854. The molecule has 0 radical (unpaired) electrons. The topological polar surface area (TPSA) is 9.23 Å². The lowest BCUT2D eigenvalue weighted by Crippen LogP contribution is -2.28. The molecule has 0 bridgehead atoms. The first-order valence-electron chi connectivity index (χ1n) is 4.84. The SMILES string of the molecule is CC(C)(CI)OCC1CCCC1. The number of rotatable bonds is 4. The molecule has 1 fully saturated rings. The summed E-state index contributed by atoms with van der Waals surface area (Å²) in [6.07, 6.45) is 5.60. The van der Waals surface area contributed by atoms with Crippen LogP contribution in [0.5, 0.6) is 0 Å². The molecule has 0 spiro atoms. The van der Waals surface area contributed by atoms with Crippen molar-refractivity contribution in [1.29, 1.82) is 0 Å². The van der Waals surface area contributed by atoms with E-state index in [0.29, 0.717) is 0 Å². The molecule has 1 nitrogen and oxygen atoms in total. The summed E-state index contributed by atoms with van der Waals surface area (Å²) in [6.45, 7) is 5.33. The molecule has 0 aromatic heterocycles. The largest absolute Gasteiger partial charge is 0.374 e. The second kappa shape index (κ2) is 4.80. The number of alkyl halides is 1. The predicted octanol–water partition coefficient (Wildman–Crippen LogP) is 3.41. The molecule has 0 N–H and O–H groups in total. The van der Waals surface area contributed by atoms with E-state index in [-0.39, 0.29) is 5.60 Å². The maximum absolute atomic E-state index is 5.86. The Labute approximate surface area is 89.4 Å². The van der Waals surface area contributed by atoms with Crippen molar-refractivity contribution >= 4 is 22.6 Å². The highest BCUT2D eigenvalue weighted by atomic mass is 127. The average Bonchev–Trinajstić information content (AvgIpc) is 2.53. The third-order valence-corrected chi connectivity index (χ3v) is 4.34. The van der Waals surface area contributed by atoms with Crippen molar-refractivity contribution < 1.29 is 4.74 Å². The normalized spacial score (nSPS) is 20.2. The van der Waals surface area contributed by atoms with Crippen LogP contribution in [0.25, 0.3) is 0 Å². The Morgan fingerprint density at radius 1 is 1.33 bits per heavy atom. The van der Waals surface area contributed by atoms with Crippen molar-refractivity contribution in [3.05, 3.63) is 0 Å². The highest BCUT2D eigenvalue weighted by Gasteiger charge is 2.21. The third kappa shape index (κ3) is 3.60. The monoisotopic (exact) mass is 282 g/mol. The van der Waals surface area contributed by atoms with E-state index in [1.54, 1.807) is 0 Å². The minimum Gasteiger partial charge on any atom is -0.374 e. The van der Waals surface area contributed by atoms with Crippen LogP contribution in [0.4, 0.5) is 0 Å². The molecule has 0 aromatic carbocycles. The zero-order valence-corrected chi connectivity index (χ0v) is 10.3. The van der Waals surface area contributed by atoms with Crippen LogP contribution in [-0.4, -0.2) is 16.6 Å². The van der Waals surface area contributed by atoms with E-state index >= 15 is 0 Å². The molecule has 1 saturated carbocycles. The van der Waals surface area contributed by atoms with Gasteiger partial charge in [0, 0.05) is 4.43 Å². The van der Waals surface area contributed by atoms with E-state index in [1.807, 2.05) is 0 Å². The number of hydrogen-bond donors (Lipinski definition) is 0. The molecule has 0 aromatic rings. The number of ether oxygens (including phenoxy) is 1. The average molecular weight is 282 g/mol. The highest BCUT2D eigenvalue weighted by molar-refractivity contribution is 14.1. The molecular formula is C10H19IO. The Morgan fingerprint density at radius 3 is 2.42 bits per heavy atom. The smallest absolute Gasteiger partial charge is 0.0715 e. The Morgan fingerprint density at radius 2 is 1.92 bits per heavy atom. The Balaban J connectivity index is 2.15. The van der Waals surface area contributed by atoms with Crippen molar-refractivity contribution in [3.63, 3.8) is 0 Å². The highest BCUT2D eigenvalue weighted by Crippen LogP contribution is 2.26. The van der Waals surface area contributed by atoms with Crippen molar-refractivity contribution in [2.45, 2.75) is 45.1 Å². The maximum Gasteiger partial charge on any atom is 0.0715 e. The number of halogens is 1. The quantitative estimate of drug-likeness (QED) is 0.567. The van der Waals surface area contributed by atoms with Crippen molar-refractivity contribution in [2.24, 2.45) is 5.92 Å². The van der Waals surface area contributed by atoms with Crippen LogP contribution in [0.2, 0.25) is 0 Å². The summed E-state index contributed by atoms with van der Waals surface area (Å²) < 4.78 is 6.94. The molecule has 0 unspecified atom stereocenters. The molecule has 0 saturated heterocycles. The van der Waals surface area contributed by atoms with E-state index in [1.165, 1.54) is 25.7 Å². The zero-order valence-electron chi connectivity index (χ0n) is 8.11. The minimum absolute atomic E-state index is 0.0865. The van der Waals surface area contributed by atoms with Crippen LogP contribution in [-0.2, 0) is 4.74 Å². The van der Waals surface area contributed by atoms with Gasteiger partial charge in [0.25, 0.3) is 0 Å². The lowest BCUT2D eigenvalue weighted by molar-refractivity contribution is -0.0156. The van der Waals surface area contributed by atoms with Gasteiger partial charge < -0.3 is 4.74 Å². The number of hydrogen-bond acceptors (Lipinski definition) is 1. The molecule has 0 heterocycles. The van der Waals surface area contributed by atoms with Gasteiger partial charge in [-0.25, -0.2) is 0 Å². The molecule has 0 atom stereocenters. The molecule has 1 aliphatic carbocycles. The van der Waals surface area contributed by atoms with Crippen LogP contribution >= 0.6 is 22.6 Å². The summed E-state index contributed by atoms with van der Waals surface area (Å²) in [5.41, 5.74) is 0.0865. The third-order valence-electron chi connectivity index (χ3n) is 2.51. The summed E-state index contributed by atoms with van der Waals surface area (Å²) >= 11 is 2.39. The molecule has 12 heavy (non-hydrogen) atoms. The van der Waals surface area contributed by atoms with Crippen LogP contribution in [0, 0.1) is 5.92 Å². The van der Waals surface area contributed by atoms with Gasteiger partial charge in [-0.2, -0.15) is 0 Å². The second-order valence-corrected chi connectivity index (χ2v) is 5.12. The van der Waals surface area contributed by atoms with E-state index < -0.39 is 0 Å². The summed E-state index contributed by atoms with van der Waals surface area (Å²) in [4.78, 5) is 0. The van der Waals surface area contributed by atoms with E-state index in [0.717, 1.165) is 17.0 Å². The van der Waals surface area contributed by atoms with E-state index in [2.05, 4.69) is 36.4 Å². The van der Waals surface area contributed by atoms with Crippen molar-refractivity contribution in [2.75, 3.05) is 11.0 Å². The van der Waals surface area contributed by atoms with Gasteiger partial charge in [0.05, 0.1) is 12.2 Å². The molecule has 0 aliphatic heterocycles. The predicted molar refractivity (Wildman–Crippen MR) is 60.9 cm³/mol. The lowest BCUT2D eigenvalue weighted by atomic mass is 10.1. The van der Waals surface area contributed by atoms with Gasteiger partial charge in [-0.3, -0.25) is 0 Å². The first-order chi connectivity index (χ1) is 5.64. The Kier molecular flexibility index (Phi) is 4.30. The van der Waals surface area contributed by atoms with Crippen LogP contribution in [0.15, 0.2) is 0 Å². The lowest BCUT2D eigenvalue weighted by Gasteiger charge is -2.24. The minimum atomic E-state index is 0.0865. The van der Waals surface area contributed by atoms with E-state index in [9.17, 15) is 0 Å². The molecule has 72 valence electrons. The first-order valence-corrected chi connectivity index (χ1v) is 6.36. The Hall–Kier alpha value is 0.690. The van der Waals surface area contributed by atoms with Gasteiger partial charge in [-0.15, -0.1) is 0 Å². The van der Waals surface area contributed by atoms with Gasteiger partial charge in [0.1, 0.15) is 0 Å². The molecular weight excluding hydrogens is 263 g/mol. The second-order valence-electron chi connectivity index (χ2n) is 4.35. The molecule has 0 amide bonds. The summed E-state index contributed by atoms with van der Waals surface area (Å²) in [6, 6.07) is 0. The summed E-state index contributed by atoms with van der Waals surface area (Å²) in [5, 5.41) is 0. The van der Waals surface area contributed by atoms with Crippen LogP contribution < -0.4 is 0 Å². The molecule has 2 heteroatoms. The fourth-order valence-electron chi connectivity index (χ4n) is 1.56. The van der Waals surface area contributed by atoms with Gasteiger partial charge in [-0.05, 0) is 32.6 Å². The Bertz CT molecular complexity index is 128. The van der Waals surface area contributed by atoms with Crippen LogP contribution in [0.1, 0.15) is 39.5 Å². The van der Waals surface area contributed by atoms with Gasteiger partial charge in [0.2, 0.25) is 0 Å². The summed E-state index contributed by atoms with van der Waals surface area (Å²) in [7, 11) is 0. The van der Waals surface area contributed by atoms with E-state index in [4.69, 9.17) is 4.74 Å². The fourth-order valence-corrected chi connectivity index (χ4v) is 1.78. The first kappa shape index (κ1) is 10.8. The standard InChI is InChI=1S/C10H19IO/c1-10(2,8-11)12-7-9-5-3-4-6-9/h9H,3-8H2,1-2H3. The van der Waals surface area contributed by atoms with Crippen LogP contribution in [0.3, 0.4) is 0 Å².